The van der Waals surface area contributed by atoms with E-state index < -0.39 is 11.6 Å². The average molecular weight is 304 g/mol. The van der Waals surface area contributed by atoms with Crippen LogP contribution in [-0.2, 0) is 6.42 Å². The fraction of sp³-hybridized carbons (Fsp3) is 0.538. The Morgan fingerprint density at radius 2 is 2.00 bits per heavy atom. The lowest BCUT2D eigenvalue weighted by atomic mass is 9.70. The van der Waals surface area contributed by atoms with Gasteiger partial charge in [0.15, 0.2) is 0 Å². The van der Waals surface area contributed by atoms with Crippen molar-refractivity contribution in [3.05, 3.63) is 33.8 Å². The molecule has 2 rings (SSSR count). The molecule has 0 saturated heterocycles. The maximum absolute atomic E-state index is 13.8. The van der Waals surface area contributed by atoms with E-state index in [9.17, 15) is 8.78 Å². The summed E-state index contributed by atoms with van der Waals surface area (Å²) in [5.41, 5.74) is 0.227. The second-order valence-corrected chi connectivity index (χ2v) is 5.54. The molecule has 0 aliphatic heterocycles. The largest absolute Gasteiger partial charge is 0.319 e. The zero-order valence-corrected chi connectivity index (χ0v) is 11.4. The molecule has 1 N–H and O–H groups in total. The standard InChI is InChI=1S/C13H16BrF2N/c1-17-7-9-3-2-8(9)6-10-12(15)5-4-11(14)13(10)16/h4-5,8-9,17H,2-3,6-7H2,1H3. The first kappa shape index (κ1) is 13.0. The molecule has 1 fully saturated rings. The van der Waals surface area contributed by atoms with Crippen LogP contribution in [0.25, 0.3) is 0 Å². The molecule has 0 heterocycles. The van der Waals surface area contributed by atoms with E-state index in [4.69, 9.17) is 0 Å². The summed E-state index contributed by atoms with van der Waals surface area (Å²) >= 11 is 3.10. The highest BCUT2D eigenvalue weighted by molar-refractivity contribution is 9.10. The van der Waals surface area contributed by atoms with Gasteiger partial charge in [-0.05, 0) is 72.8 Å². The van der Waals surface area contributed by atoms with Gasteiger partial charge in [-0.3, -0.25) is 0 Å². The number of hydrogen-bond acceptors (Lipinski definition) is 1. The molecule has 0 spiro atoms. The number of nitrogens with one attached hydrogen (secondary N) is 1. The smallest absolute Gasteiger partial charge is 0.143 e. The summed E-state index contributed by atoms with van der Waals surface area (Å²) in [6, 6.07) is 2.74. The summed E-state index contributed by atoms with van der Waals surface area (Å²) in [5, 5.41) is 3.13. The van der Waals surface area contributed by atoms with E-state index in [0.717, 1.165) is 19.4 Å². The van der Waals surface area contributed by atoms with Crippen molar-refractivity contribution in [1.82, 2.24) is 5.32 Å². The van der Waals surface area contributed by atoms with Crippen molar-refractivity contribution >= 4 is 15.9 Å². The van der Waals surface area contributed by atoms with Gasteiger partial charge in [0.2, 0.25) is 0 Å². The van der Waals surface area contributed by atoms with Gasteiger partial charge < -0.3 is 5.32 Å². The summed E-state index contributed by atoms with van der Waals surface area (Å²) in [4.78, 5) is 0. The van der Waals surface area contributed by atoms with Gasteiger partial charge in [0, 0.05) is 5.56 Å². The Morgan fingerprint density at radius 3 is 2.59 bits per heavy atom. The van der Waals surface area contributed by atoms with Crippen LogP contribution in [0.2, 0.25) is 0 Å². The topological polar surface area (TPSA) is 12.0 Å². The minimum Gasteiger partial charge on any atom is -0.319 e. The molecule has 2 unspecified atom stereocenters. The van der Waals surface area contributed by atoms with Crippen molar-refractivity contribution in [2.75, 3.05) is 13.6 Å². The van der Waals surface area contributed by atoms with Crippen LogP contribution in [0.3, 0.4) is 0 Å². The van der Waals surface area contributed by atoms with Gasteiger partial charge in [0.05, 0.1) is 4.47 Å². The Hall–Kier alpha value is -0.480. The number of rotatable bonds is 4. The van der Waals surface area contributed by atoms with Gasteiger partial charge in [-0.15, -0.1) is 0 Å². The maximum atomic E-state index is 13.8. The maximum Gasteiger partial charge on any atom is 0.143 e. The molecular weight excluding hydrogens is 288 g/mol. The van der Waals surface area contributed by atoms with Crippen molar-refractivity contribution in [3.8, 4) is 0 Å². The molecule has 0 amide bonds. The fourth-order valence-corrected chi connectivity index (χ4v) is 2.83. The van der Waals surface area contributed by atoms with Crippen LogP contribution in [0.15, 0.2) is 16.6 Å². The highest BCUT2D eigenvalue weighted by Crippen LogP contribution is 2.37. The molecule has 17 heavy (non-hydrogen) atoms. The lowest BCUT2D eigenvalue weighted by Gasteiger charge is -2.37. The van der Waals surface area contributed by atoms with Gasteiger partial charge in [-0.1, -0.05) is 0 Å². The third kappa shape index (κ3) is 2.68. The second-order valence-electron chi connectivity index (χ2n) is 4.68. The summed E-state index contributed by atoms with van der Waals surface area (Å²) in [6.07, 6.45) is 2.73. The van der Waals surface area contributed by atoms with Gasteiger partial charge >= 0.3 is 0 Å². The number of benzene rings is 1. The van der Waals surface area contributed by atoms with Gasteiger partial charge in [-0.2, -0.15) is 0 Å². The second kappa shape index (κ2) is 5.44. The van der Waals surface area contributed by atoms with Gasteiger partial charge in [0.25, 0.3) is 0 Å². The highest BCUT2D eigenvalue weighted by Gasteiger charge is 2.31. The Balaban J connectivity index is 2.11. The first-order valence-electron chi connectivity index (χ1n) is 5.90. The average Bonchev–Trinajstić information content (AvgIpc) is 2.29. The zero-order chi connectivity index (χ0) is 12.4. The molecule has 1 aromatic carbocycles. The van der Waals surface area contributed by atoms with Crippen LogP contribution in [0, 0.1) is 23.5 Å². The highest BCUT2D eigenvalue weighted by atomic mass is 79.9. The van der Waals surface area contributed by atoms with E-state index in [1.165, 1.54) is 12.1 Å². The van der Waals surface area contributed by atoms with Crippen LogP contribution in [0.1, 0.15) is 18.4 Å². The SMILES string of the molecule is CNCC1CCC1Cc1c(F)ccc(Br)c1F. The van der Waals surface area contributed by atoms with Gasteiger partial charge in [-0.25, -0.2) is 8.78 Å². The van der Waals surface area contributed by atoms with Crippen molar-refractivity contribution in [2.24, 2.45) is 11.8 Å². The normalized spacial score (nSPS) is 23.5. The lowest BCUT2D eigenvalue weighted by Crippen LogP contribution is -2.35. The summed E-state index contributed by atoms with van der Waals surface area (Å²) in [6.45, 7) is 0.932. The number of halogens is 3. The molecule has 1 aliphatic carbocycles. The molecule has 0 aromatic heterocycles. The van der Waals surface area contributed by atoms with E-state index in [2.05, 4.69) is 21.2 Å². The van der Waals surface area contributed by atoms with Crippen LogP contribution in [0.4, 0.5) is 8.78 Å². The third-order valence-corrected chi connectivity index (χ3v) is 4.26. The molecule has 1 nitrogen and oxygen atoms in total. The Morgan fingerprint density at radius 1 is 1.29 bits per heavy atom. The van der Waals surface area contributed by atoms with Crippen molar-refractivity contribution in [2.45, 2.75) is 19.3 Å². The van der Waals surface area contributed by atoms with Gasteiger partial charge in [0.1, 0.15) is 11.6 Å². The summed E-state index contributed by atoms with van der Waals surface area (Å²) in [5.74, 6) is 0.0828. The quantitative estimate of drug-likeness (QED) is 0.839. The molecule has 4 heteroatoms. The van der Waals surface area contributed by atoms with E-state index in [-0.39, 0.29) is 5.56 Å². The zero-order valence-electron chi connectivity index (χ0n) is 9.77. The van der Waals surface area contributed by atoms with Crippen LogP contribution in [-0.4, -0.2) is 13.6 Å². The molecule has 2 atom stereocenters. The molecule has 0 radical (unpaired) electrons. The predicted octanol–water partition coefficient (Wildman–Crippen LogP) is 3.52. The molecule has 1 aliphatic rings. The Labute approximate surface area is 109 Å². The van der Waals surface area contributed by atoms with Crippen molar-refractivity contribution in [1.29, 1.82) is 0 Å². The third-order valence-electron chi connectivity index (χ3n) is 3.65. The lowest BCUT2D eigenvalue weighted by molar-refractivity contribution is 0.171. The Kier molecular flexibility index (Phi) is 4.15. The van der Waals surface area contributed by atoms with E-state index in [1.54, 1.807) is 0 Å². The minimum absolute atomic E-state index is 0.227. The van der Waals surface area contributed by atoms with Crippen molar-refractivity contribution in [3.63, 3.8) is 0 Å². The Bertz CT molecular complexity index is 409. The summed E-state index contributed by atoms with van der Waals surface area (Å²) in [7, 11) is 1.91. The number of hydrogen-bond donors (Lipinski definition) is 1. The van der Waals surface area contributed by atoms with Crippen LogP contribution in [0.5, 0.6) is 0 Å². The minimum atomic E-state index is -0.444. The first-order chi connectivity index (χ1) is 8.13. The molecule has 1 saturated carbocycles. The first-order valence-corrected chi connectivity index (χ1v) is 6.69. The fourth-order valence-electron chi connectivity index (χ4n) is 2.46. The van der Waals surface area contributed by atoms with E-state index >= 15 is 0 Å². The van der Waals surface area contributed by atoms with E-state index in [0.29, 0.717) is 22.7 Å². The van der Waals surface area contributed by atoms with E-state index in [1.807, 2.05) is 7.05 Å². The monoisotopic (exact) mass is 303 g/mol. The molecular formula is C13H16BrF2N. The summed E-state index contributed by atoms with van der Waals surface area (Å²) < 4.78 is 27.7. The predicted molar refractivity (Wildman–Crippen MR) is 67.9 cm³/mol. The van der Waals surface area contributed by atoms with Crippen LogP contribution >= 0.6 is 15.9 Å². The molecule has 1 aromatic rings. The van der Waals surface area contributed by atoms with Crippen LogP contribution < -0.4 is 5.32 Å². The molecule has 0 bridgehead atoms. The molecule has 94 valence electrons. The van der Waals surface area contributed by atoms with Crippen molar-refractivity contribution < 1.29 is 8.78 Å².